The topological polar surface area (TPSA) is 76.7 Å². The van der Waals surface area contributed by atoms with Crippen LogP contribution < -0.4 is 0 Å². The molecule has 0 unspecified atom stereocenters. The van der Waals surface area contributed by atoms with Crippen molar-refractivity contribution in [1.29, 1.82) is 0 Å². The molecule has 0 aliphatic rings. The summed E-state index contributed by atoms with van der Waals surface area (Å²) in [6.07, 6.45) is 10.8. The van der Waals surface area contributed by atoms with Crippen molar-refractivity contribution in [3.8, 4) is 11.1 Å². The van der Waals surface area contributed by atoms with Gasteiger partial charge in [0, 0.05) is 23.9 Å². The fraction of sp³-hybridized carbons (Fsp3) is 0.182. The molecule has 1 atom stereocenters. The van der Waals surface area contributed by atoms with Crippen molar-refractivity contribution in [3.05, 3.63) is 97.1 Å². The summed E-state index contributed by atoms with van der Waals surface area (Å²) in [6, 6.07) is 14.0. The van der Waals surface area contributed by atoms with Crippen molar-refractivity contribution in [2.75, 3.05) is 0 Å². The first-order chi connectivity index (χ1) is 13.6. The number of pyridine rings is 1. The predicted molar refractivity (Wildman–Crippen MR) is 109 cm³/mol. The fourth-order valence-electron chi connectivity index (χ4n) is 3.07. The number of aliphatic hydroxyl groups is 1. The van der Waals surface area contributed by atoms with Crippen LogP contribution in [0.2, 0.25) is 0 Å². The first-order valence-corrected chi connectivity index (χ1v) is 9.04. The molecule has 0 spiro atoms. The van der Waals surface area contributed by atoms with E-state index in [9.17, 15) is 5.11 Å². The van der Waals surface area contributed by atoms with Gasteiger partial charge in [0.2, 0.25) is 0 Å². The molecule has 2 heterocycles. The van der Waals surface area contributed by atoms with Crippen LogP contribution >= 0.6 is 0 Å². The summed E-state index contributed by atoms with van der Waals surface area (Å²) in [5.41, 5.74) is 2.39. The third-order valence-electron chi connectivity index (χ3n) is 4.40. The van der Waals surface area contributed by atoms with Gasteiger partial charge in [-0.05, 0) is 34.6 Å². The van der Waals surface area contributed by atoms with E-state index in [-0.39, 0.29) is 6.54 Å². The summed E-state index contributed by atoms with van der Waals surface area (Å²) < 4.78 is 1.51. The van der Waals surface area contributed by atoms with Gasteiger partial charge >= 0.3 is 0 Å². The number of allylic oxidation sites excluding steroid dienone is 3. The Labute approximate surface area is 164 Å². The molecule has 0 aliphatic heterocycles. The molecule has 3 rings (SSSR count). The quantitative estimate of drug-likeness (QED) is 0.613. The first-order valence-electron chi connectivity index (χ1n) is 9.04. The van der Waals surface area contributed by atoms with Crippen molar-refractivity contribution in [3.63, 3.8) is 0 Å². The highest BCUT2D eigenvalue weighted by molar-refractivity contribution is 5.62. The van der Waals surface area contributed by atoms with E-state index in [0.29, 0.717) is 6.42 Å². The van der Waals surface area contributed by atoms with Crippen LogP contribution in [0, 0.1) is 0 Å². The average molecular weight is 373 g/mol. The van der Waals surface area contributed by atoms with Crippen molar-refractivity contribution < 1.29 is 5.11 Å². The molecule has 1 N–H and O–H groups in total. The fourth-order valence-corrected chi connectivity index (χ4v) is 3.07. The minimum absolute atomic E-state index is 0.201. The Morgan fingerprint density at radius 3 is 2.61 bits per heavy atom. The molecule has 1 aromatic carbocycles. The second-order valence-electron chi connectivity index (χ2n) is 6.48. The maximum Gasteiger partial charge on any atom is 0.138 e. The average Bonchev–Trinajstić information content (AvgIpc) is 3.22. The number of nitrogens with zero attached hydrogens (tertiary/aromatic N) is 5. The van der Waals surface area contributed by atoms with Gasteiger partial charge in [-0.3, -0.25) is 4.98 Å². The monoisotopic (exact) mass is 373 g/mol. The minimum atomic E-state index is -1.24. The van der Waals surface area contributed by atoms with Gasteiger partial charge in [0.1, 0.15) is 11.9 Å². The molecule has 0 radical (unpaired) electrons. The van der Waals surface area contributed by atoms with Gasteiger partial charge in [0.05, 0.1) is 6.54 Å². The zero-order valence-corrected chi connectivity index (χ0v) is 15.8. The van der Waals surface area contributed by atoms with Gasteiger partial charge in [-0.15, -0.1) is 5.10 Å². The normalized spacial score (nSPS) is 14.1. The lowest BCUT2D eigenvalue weighted by Crippen LogP contribution is -2.39. The second kappa shape index (κ2) is 9.01. The summed E-state index contributed by atoms with van der Waals surface area (Å²) in [5, 5.41) is 22.7. The standard InChI is InChI=1S/C22H23N5O/c1-3-8-20(9-4-2)22(28,16-27-17-24-25-26-27)14-21-13-12-19(15-23-21)18-10-6-5-7-11-18/h3-13,15,17,28H,1,14,16H2,2H3/b9-4-,20-8+/t22-/m0/s1. The molecular weight excluding hydrogens is 350 g/mol. The third kappa shape index (κ3) is 4.66. The number of rotatable bonds is 8. The van der Waals surface area contributed by atoms with E-state index in [0.717, 1.165) is 22.4 Å². The van der Waals surface area contributed by atoms with E-state index < -0.39 is 5.60 Å². The Bertz CT molecular complexity index is 946. The third-order valence-corrected chi connectivity index (χ3v) is 4.40. The number of aromatic nitrogens is 5. The van der Waals surface area contributed by atoms with Crippen LogP contribution in [0.25, 0.3) is 11.1 Å². The Morgan fingerprint density at radius 2 is 2.00 bits per heavy atom. The molecule has 0 saturated heterocycles. The van der Waals surface area contributed by atoms with Gasteiger partial charge in [-0.25, -0.2) is 4.68 Å². The molecular formula is C22H23N5O. The van der Waals surface area contributed by atoms with E-state index in [4.69, 9.17) is 0 Å². The van der Waals surface area contributed by atoms with E-state index in [1.165, 1.54) is 11.0 Å². The van der Waals surface area contributed by atoms with E-state index in [1.807, 2.05) is 67.7 Å². The Balaban J connectivity index is 1.90. The summed E-state index contributed by atoms with van der Waals surface area (Å²) >= 11 is 0. The number of hydrogen-bond acceptors (Lipinski definition) is 5. The maximum absolute atomic E-state index is 11.5. The smallest absolute Gasteiger partial charge is 0.138 e. The zero-order chi connectivity index (χ0) is 19.8. The van der Waals surface area contributed by atoms with Gasteiger partial charge in [0.15, 0.2) is 0 Å². The Hall–Kier alpha value is -3.38. The SMILES string of the molecule is C=C/C=C(\C=C/C)[C@](O)(Cc1ccc(-c2ccccc2)cn1)Cn1cnnn1. The molecule has 0 amide bonds. The first kappa shape index (κ1) is 19.4. The number of hydrogen-bond donors (Lipinski definition) is 1. The van der Waals surface area contributed by atoms with Crippen LogP contribution in [0.3, 0.4) is 0 Å². The van der Waals surface area contributed by atoms with Gasteiger partial charge in [-0.2, -0.15) is 0 Å². The molecule has 2 aromatic heterocycles. The Morgan fingerprint density at radius 1 is 1.18 bits per heavy atom. The molecule has 0 aliphatic carbocycles. The second-order valence-corrected chi connectivity index (χ2v) is 6.48. The van der Waals surface area contributed by atoms with Crippen LogP contribution in [0.4, 0.5) is 0 Å². The highest BCUT2D eigenvalue weighted by Crippen LogP contribution is 2.26. The van der Waals surface area contributed by atoms with E-state index >= 15 is 0 Å². The number of benzene rings is 1. The molecule has 6 heteroatoms. The highest BCUT2D eigenvalue weighted by Gasteiger charge is 2.32. The Kier molecular flexibility index (Phi) is 6.24. The molecule has 0 bridgehead atoms. The van der Waals surface area contributed by atoms with Gasteiger partial charge < -0.3 is 5.11 Å². The van der Waals surface area contributed by atoms with Crippen molar-refractivity contribution in [2.24, 2.45) is 0 Å². The predicted octanol–water partition coefficient (Wildman–Crippen LogP) is 3.40. The van der Waals surface area contributed by atoms with Crippen molar-refractivity contribution in [2.45, 2.75) is 25.5 Å². The molecule has 28 heavy (non-hydrogen) atoms. The van der Waals surface area contributed by atoms with E-state index in [1.54, 1.807) is 12.2 Å². The molecule has 6 nitrogen and oxygen atoms in total. The van der Waals surface area contributed by atoms with Crippen LogP contribution in [0.1, 0.15) is 12.6 Å². The van der Waals surface area contributed by atoms with Gasteiger partial charge in [-0.1, -0.05) is 67.3 Å². The molecule has 3 aromatic rings. The largest absolute Gasteiger partial charge is 0.383 e. The molecule has 0 saturated carbocycles. The lowest BCUT2D eigenvalue weighted by molar-refractivity contribution is 0.0581. The van der Waals surface area contributed by atoms with Gasteiger partial charge in [0.25, 0.3) is 0 Å². The van der Waals surface area contributed by atoms with Crippen LogP contribution in [0.15, 0.2) is 91.4 Å². The summed E-state index contributed by atoms with van der Waals surface area (Å²) in [4.78, 5) is 4.57. The van der Waals surface area contributed by atoms with Crippen LogP contribution in [-0.2, 0) is 13.0 Å². The summed E-state index contributed by atoms with van der Waals surface area (Å²) in [5.74, 6) is 0. The number of tetrazole rings is 1. The van der Waals surface area contributed by atoms with Crippen molar-refractivity contribution in [1.82, 2.24) is 25.2 Å². The summed E-state index contributed by atoms with van der Waals surface area (Å²) in [6.45, 7) is 5.87. The lowest BCUT2D eigenvalue weighted by Gasteiger charge is -2.29. The summed E-state index contributed by atoms with van der Waals surface area (Å²) in [7, 11) is 0. The van der Waals surface area contributed by atoms with E-state index in [2.05, 4.69) is 27.1 Å². The molecule has 142 valence electrons. The maximum atomic E-state index is 11.5. The minimum Gasteiger partial charge on any atom is -0.383 e. The highest BCUT2D eigenvalue weighted by atomic mass is 16.3. The molecule has 0 fully saturated rings. The van der Waals surface area contributed by atoms with Crippen molar-refractivity contribution >= 4 is 0 Å². The van der Waals surface area contributed by atoms with Crippen LogP contribution in [-0.4, -0.2) is 35.9 Å². The zero-order valence-electron chi connectivity index (χ0n) is 15.8. The lowest BCUT2D eigenvalue weighted by atomic mass is 9.87. The van der Waals surface area contributed by atoms with Crippen LogP contribution in [0.5, 0.6) is 0 Å².